The molecule has 3 heterocycles. The van der Waals surface area contributed by atoms with Gasteiger partial charge in [-0.25, -0.2) is 4.79 Å². The van der Waals surface area contributed by atoms with Crippen molar-refractivity contribution in [3.63, 3.8) is 0 Å². The molecule has 8 heteroatoms. The molecule has 4 fully saturated rings. The van der Waals surface area contributed by atoms with E-state index in [0.717, 1.165) is 24.0 Å². The third-order valence-electron chi connectivity index (χ3n) is 11.0. The molecule has 1 aromatic rings. The lowest BCUT2D eigenvalue weighted by molar-refractivity contribution is -0.217. The summed E-state index contributed by atoms with van der Waals surface area (Å²) in [6.45, 7) is 9.68. The quantitative estimate of drug-likeness (QED) is 0.232. The van der Waals surface area contributed by atoms with Crippen molar-refractivity contribution in [2.75, 3.05) is 6.61 Å². The zero-order valence-corrected chi connectivity index (χ0v) is 23.2. The summed E-state index contributed by atoms with van der Waals surface area (Å²) in [5.74, 6) is -2.42. The lowest BCUT2D eigenvalue weighted by atomic mass is 9.40. The summed E-state index contributed by atoms with van der Waals surface area (Å²) in [4.78, 5) is 53.1. The molecule has 3 aliphatic carbocycles. The van der Waals surface area contributed by atoms with Crippen LogP contribution in [0.2, 0.25) is 0 Å². The van der Waals surface area contributed by atoms with Gasteiger partial charge in [0.1, 0.15) is 24.6 Å². The summed E-state index contributed by atoms with van der Waals surface area (Å²) >= 11 is 0. The second-order valence-electron chi connectivity index (χ2n) is 12.8. The van der Waals surface area contributed by atoms with E-state index in [0.29, 0.717) is 5.57 Å². The Kier molecular flexibility index (Phi) is 5.80. The van der Waals surface area contributed by atoms with Gasteiger partial charge in [0.05, 0.1) is 31.3 Å². The molecular formula is C31H36O8. The number of esters is 3. The second kappa shape index (κ2) is 8.67. The molecule has 0 spiro atoms. The molecule has 2 saturated heterocycles. The molecule has 39 heavy (non-hydrogen) atoms. The Labute approximate surface area is 228 Å². The van der Waals surface area contributed by atoms with E-state index in [9.17, 15) is 19.2 Å². The Morgan fingerprint density at radius 3 is 2.54 bits per heavy atom. The van der Waals surface area contributed by atoms with Crippen LogP contribution in [-0.4, -0.2) is 36.4 Å². The first-order chi connectivity index (χ1) is 18.4. The summed E-state index contributed by atoms with van der Waals surface area (Å²) < 4.78 is 22.9. The third kappa shape index (κ3) is 3.48. The van der Waals surface area contributed by atoms with E-state index >= 15 is 0 Å². The SMILES string of the molecule is C/C=C(\C)C(=O)O[C@@H]1C2C=C3[C@@H]4CC(=O)O[C@@H](c5ccoc5)[C@]4(C)CC[C@@H]3[C@@](C)(C2=O)[C@H]2CC(=O)OC[C@]12C. The molecule has 0 radical (unpaired) electrons. The Hall–Kier alpha value is -3.16. The fourth-order valence-corrected chi connectivity index (χ4v) is 8.69. The number of Topliss-reactive ketones (excluding diaryl/α,β-unsaturated/α-hetero) is 1. The van der Waals surface area contributed by atoms with Gasteiger partial charge in [0.2, 0.25) is 0 Å². The monoisotopic (exact) mass is 536 g/mol. The van der Waals surface area contributed by atoms with Crippen LogP contribution in [-0.2, 0) is 33.4 Å². The largest absolute Gasteiger partial charge is 0.472 e. The number of carbonyl (C=O) groups excluding carboxylic acids is 4. The summed E-state index contributed by atoms with van der Waals surface area (Å²) in [6.07, 6.45) is 7.43. The fourth-order valence-electron chi connectivity index (χ4n) is 8.69. The number of ketones is 1. The van der Waals surface area contributed by atoms with E-state index in [1.807, 2.05) is 26.0 Å². The maximum Gasteiger partial charge on any atom is 0.333 e. The number of rotatable bonds is 3. The van der Waals surface area contributed by atoms with Gasteiger partial charge in [0.15, 0.2) is 0 Å². The lowest BCUT2D eigenvalue weighted by Crippen LogP contribution is -2.69. The zero-order valence-electron chi connectivity index (χ0n) is 23.2. The summed E-state index contributed by atoms with van der Waals surface area (Å²) in [5.41, 5.74) is 0.366. The number of furan rings is 1. The number of allylic oxidation sites excluding steroid dienone is 2. The first kappa shape index (κ1) is 26.1. The highest BCUT2D eigenvalue weighted by Gasteiger charge is 2.71. The van der Waals surface area contributed by atoms with E-state index in [1.54, 1.807) is 32.4 Å². The minimum Gasteiger partial charge on any atom is -0.472 e. The summed E-state index contributed by atoms with van der Waals surface area (Å²) in [5, 5.41) is 0. The number of hydrogen-bond acceptors (Lipinski definition) is 8. The first-order valence-corrected chi connectivity index (χ1v) is 13.9. The predicted octanol–water partition coefficient (Wildman–Crippen LogP) is 4.89. The van der Waals surface area contributed by atoms with Crippen molar-refractivity contribution < 1.29 is 37.8 Å². The van der Waals surface area contributed by atoms with Crippen LogP contribution in [0.5, 0.6) is 0 Å². The normalized spacial score (nSPS) is 43.3. The van der Waals surface area contributed by atoms with Gasteiger partial charge in [-0.15, -0.1) is 0 Å². The highest BCUT2D eigenvalue weighted by Crippen LogP contribution is 2.68. The van der Waals surface area contributed by atoms with Crippen LogP contribution in [0.3, 0.4) is 0 Å². The van der Waals surface area contributed by atoms with E-state index < -0.39 is 40.3 Å². The van der Waals surface area contributed by atoms with Crippen molar-refractivity contribution in [1.82, 2.24) is 0 Å². The molecule has 2 saturated carbocycles. The van der Waals surface area contributed by atoms with Crippen LogP contribution in [0.15, 0.2) is 46.3 Å². The topological polar surface area (TPSA) is 109 Å². The fraction of sp³-hybridized carbons (Fsp3) is 0.613. The van der Waals surface area contributed by atoms with Crippen LogP contribution in [0.4, 0.5) is 0 Å². The molecule has 6 rings (SSSR count). The Morgan fingerprint density at radius 2 is 1.85 bits per heavy atom. The Balaban J connectivity index is 1.50. The maximum atomic E-state index is 14.4. The molecular weight excluding hydrogens is 500 g/mol. The zero-order chi connectivity index (χ0) is 27.9. The van der Waals surface area contributed by atoms with Crippen molar-refractivity contribution in [3.8, 4) is 0 Å². The average Bonchev–Trinajstić information content (AvgIpc) is 3.44. The standard InChI is InChI=1S/C31H36O8/c1-6-16(2)28(35)39-27-19-11-18-20(31(5,25(19)34)22-13-23(32)37-15-30(22,27)4)7-9-29(3)21(18)12-24(33)38-26(29)17-8-10-36-14-17/h6,8,10-11,14,19-22,26-27H,7,9,12-13,15H2,1-5H3/b16-6+/t19?,20-,21-,22-,26-,27+,29+,30-,31+/m0/s1. The number of hydrogen-bond donors (Lipinski definition) is 0. The minimum absolute atomic E-state index is 0.0118. The molecule has 8 nitrogen and oxygen atoms in total. The molecule has 5 aliphatic rings. The molecule has 0 amide bonds. The number of carbonyl (C=O) groups is 4. The van der Waals surface area contributed by atoms with Crippen LogP contribution in [0.25, 0.3) is 0 Å². The van der Waals surface area contributed by atoms with Gasteiger partial charge in [-0.3, -0.25) is 14.4 Å². The van der Waals surface area contributed by atoms with Gasteiger partial charge >= 0.3 is 17.9 Å². The van der Waals surface area contributed by atoms with Gasteiger partial charge in [0, 0.05) is 27.4 Å². The minimum atomic E-state index is -0.852. The number of fused-ring (bicyclic) bond motifs is 8. The van der Waals surface area contributed by atoms with Crippen molar-refractivity contribution in [2.24, 2.45) is 39.9 Å². The molecule has 0 aromatic carbocycles. The smallest absolute Gasteiger partial charge is 0.333 e. The average molecular weight is 537 g/mol. The molecule has 0 N–H and O–H groups in total. The molecule has 1 aromatic heterocycles. The van der Waals surface area contributed by atoms with E-state index in [-0.39, 0.29) is 54.9 Å². The Morgan fingerprint density at radius 1 is 1.08 bits per heavy atom. The predicted molar refractivity (Wildman–Crippen MR) is 138 cm³/mol. The van der Waals surface area contributed by atoms with Crippen molar-refractivity contribution in [2.45, 2.75) is 72.5 Å². The number of cyclic esters (lactones) is 2. The van der Waals surface area contributed by atoms with Gasteiger partial charge in [0.25, 0.3) is 0 Å². The van der Waals surface area contributed by atoms with Crippen LogP contribution in [0, 0.1) is 39.9 Å². The van der Waals surface area contributed by atoms with Crippen LogP contribution in [0.1, 0.15) is 72.0 Å². The van der Waals surface area contributed by atoms with Crippen LogP contribution >= 0.6 is 0 Å². The molecule has 208 valence electrons. The molecule has 2 aliphatic heterocycles. The second-order valence-corrected chi connectivity index (χ2v) is 12.8. The third-order valence-corrected chi connectivity index (χ3v) is 11.0. The van der Waals surface area contributed by atoms with Crippen molar-refractivity contribution in [1.29, 1.82) is 0 Å². The number of ether oxygens (including phenoxy) is 3. The molecule has 1 unspecified atom stereocenters. The van der Waals surface area contributed by atoms with Crippen molar-refractivity contribution in [3.05, 3.63) is 47.5 Å². The van der Waals surface area contributed by atoms with E-state index in [4.69, 9.17) is 18.6 Å². The van der Waals surface area contributed by atoms with Gasteiger partial charge in [-0.1, -0.05) is 38.5 Å². The molecule has 2 bridgehead atoms. The summed E-state index contributed by atoms with van der Waals surface area (Å²) in [6, 6.07) is 1.84. The van der Waals surface area contributed by atoms with E-state index in [1.165, 1.54) is 0 Å². The molecule has 9 atom stereocenters. The maximum absolute atomic E-state index is 14.4. The van der Waals surface area contributed by atoms with Crippen molar-refractivity contribution >= 4 is 23.7 Å². The van der Waals surface area contributed by atoms with Crippen LogP contribution < -0.4 is 0 Å². The van der Waals surface area contributed by atoms with Gasteiger partial charge in [-0.2, -0.15) is 0 Å². The highest BCUT2D eigenvalue weighted by atomic mass is 16.6. The Bertz CT molecular complexity index is 1310. The highest BCUT2D eigenvalue weighted by molar-refractivity contribution is 5.95. The van der Waals surface area contributed by atoms with Gasteiger partial charge in [-0.05, 0) is 50.5 Å². The summed E-state index contributed by atoms with van der Waals surface area (Å²) in [7, 11) is 0. The van der Waals surface area contributed by atoms with Gasteiger partial charge < -0.3 is 18.6 Å². The van der Waals surface area contributed by atoms with E-state index in [2.05, 4.69) is 6.92 Å². The lowest BCUT2D eigenvalue weighted by Gasteiger charge is -2.64. The first-order valence-electron chi connectivity index (χ1n) is 13.9.